The molecule has 2 rings (SSSR count). The summed E-state index contributed by atoms with van der Waals surface area (Å²) < 4.78 is 1.50. The average Bonchev–Trinajstić information content (AvgIpc) is 2.86. The molecule has 0 radical (unpaired) electrons. The number of carbonyl (C=O) groups excluding carboxylic acids is 1. The number of carboxylic acid groups (broad SMARTS) is 1. The Kier molecular flexibility index (Phi) is 2.92. The summed E-state index contributed by atoms with van der Waals surface area (Å²) in [6.07, 6.45) is 1.64. The van der Waals surface area contributed by atoms with Crippen LogP contribution in [-0.4, -0.2) is 26.8 Å². The summed E-state index contributed by atoms with van der Waals surface area (Å²) in [5, 5.41) is 17.3. The zero-order valence-electron chi connectivity index (χ0n) is 8.88. The first-order valence-electron chi connectivity index (χ1n) is 4.69. The van der Waals surface area contributed by atoms with E-state index < -0.39 is 11.9 Å². The van der Waals surface area contributed by atoms with E-state index in [1.54, 1.807) is 24.7 Å². The van der Waals surface area contributed by atoms with E-state index in [-0.39, 0.29) is 11.3 Å². The Hall–Kier alpha value is -2.15. The van der Waals surface area contributed by atoms with Crippen LogP contribution in [0.15, 0.2) is 23.7 Å². The van der Waals surface area contributed by atoms with E-state index in [0.717, 1.165) is 11.3 Å². The topological polar surface area (TPSA) is 84.2 Å². The molecule has 2 heterocycles. The highest BCUT2D eigenvalue weighted by Crippen LogP contribution is 2.23. The Morgan fingerprint density at radius 1 is 1.47 bits per heavy atom. The van der Waals surface area contributed by atoms with Gasteiger partial charge in [0, 0.05) is 13.2 Å². The highest BCUT2D eigenvalue weighted by atomic mass is 32.1. The van der Waals surface area contributed by atoms with Gasteiger partial charge >= 0.3 is 5.97 Å². The van der Waals surface area contributed by atoms with Crippen LogP contribution in [0.4, 0.5) is 5.00 Å². The number of anilines is 1. The van der Waals surface area contributed by atoms with E-state index in [1.807, 2.05) is 0 Å². The molecule has 1 amide bonds. The lowest BCUT2D eigenvalue weighted by Crippen LogP contribution is -2.14. The van der Waals surface area contributed by atoms with Crippen LogP contribution >= 0.6 is 11.3 Å². The van der Waals surface area contributed by atoms with E-state index >= 15 is 0 Å². The highest BCUT2D eigenvalue weighted by Gasteiger charge is 2.15. The lowest BCUT2D eigenvalue weighted by Gasteiger charge is -2.01. The largest absolute Gasteiger partial charge is 0.478 e. The van der Waals surface area contributed by atoms with Crippen molar-refractivity contribution >= 4 is 28.2 Å². The normalized spacial score (nSPS) is 10.2. The van der Waals surface area contributed by atoms with Crippen LogP contribution in [0.1, 0.15) is 20.8 Å². The van der Waals surface area contributed by atoms with Crippen molar-refractivity contribution in [3.8, 4) is 0 Å². The first-order chi connectivity index (χ1) is 8.08. The summed E-state index contributed by atoms with van der Waals surface area (Å²) >= 11 is 1.16. The van der Waals surface area contributed by atoms with E-state index in [9.17, 15) is 9.59 Å². The van der Waals surface area contributed by atoms with Gasteiger partial charge in [-0.1, -0.05) is 0 Å². The number of aromatic carboxylic acids is 1. The van der Waals surface area contributed by atoms with Crippen molar-refractivity contribution in [2.45, 2.75) is 0 Å². The molecule has 2 N–H and O–H groups in total. The van der Waals surface area contributed by atoms with Crippen molar-refractivity contribution in [2.75, 3.05) is 5.32 Å². The standard InChI is InChI=1S/C10H9N3O3S/c1-13-4-2-7(12-13)8(14)11-9-6(10(15)16)3-5-17-9/h2-5H,1H3,(H,11,14)(H,15,16). The fourth-order valence-electron chi connectivity index (χ4n) is 1.28. The predicted octanol–water partition coefficient (Wildman–Crippen LogP) is 1.43. The number of amides is 1. The van der Waals surface area contributed by atoms with Crippen molar-refractivity contribution in [3.05, 3.63) is 35.0 Å². The van der Waals surface area contributed by atoms with Gasteiger partial charge in [-0.3, -0.25) is 9.48 Å². The molecule has 0 aliphatic rings. The van der Waals surface area contributed by atoms with Crippen LogP contribution in [-0.2, 0) is 7.05 Å². The third-order valence-corrected chi connectivity index (χ3v) is 2.90. The fraction of sp³-hybridized carbons (Fsp3) is 0.100. The predicted molar refractivity (Wildman–Crippen MR) is 62.4 cm³/mol. The van der Waals surface area contributed by atoms with Crippen molar-refractivity contribution < 1.29 is 14.7 Å². The first-order valence-corrected chi connectivity index (χ1v) is 5.57. The molecule has 0 fully saturated rings. The molecule has 0 unspecified atom stereocenters. The Morgan fingerprint density at radius 2 is 2.24 bits per heavy atom. The van der Waals surface area contributed by atoms with Crippen LogP contribution in [0.2, 0.25) is 0 Å². The summed E-state index contributed by atoms with van der Waals surface area (Å²) in [7, 11) is 1.70. The number of hydrogen-bond acceptors (Lipinski definition) is 4. The maximum absolute atomic E-state index is 11.7. The number of nitrogens with one attached hydrogen (secondary N) is 1. The quantitative estimate of drug-likeness (QED) is 0.864. The Labute approximate surface area is 100 Å². The third-order valence-electron chi connectivity index (χ3n) is 2.07. The molecular weight excluding hydrogens is 242 g/mol. The molecule has 0 saturated heterocycles. The smallest absolute Gasteiger partial charge is 0.338 e. The van der Waals surface area contributed by atoms with Crippen molar-refractivity contribution in [1.29, 1.82) is 0 Å². The van der Waals surface area contributed by atoms with E-state index in [4.69, 9.17) is 5.11 Å². The molecule has 0 bridgehead atoms. The van der Waals surface area contributed by atoms with Gasteiger partial charge in [-0.15, -0.1) is 11.3 Å². The minimum Gasteiger partial charge on any atom is -0.478 e. The van der Waals surface area contributed by atoms with Gasteiger partial charge < -0.3 is 10.4 Å². The van der Waals surface area contributed by atoms with Gasteiger partial charge in [-0.2, -0.15) is 5.10 Å². The molecule has 7 heteroatoms. The molecule has 2 aromatic rings. The number of hydrogen-bond donors (Lipinski definition) is 2. The van der Waals surface area contributed by atoms with Crippen LogP contribution in [0.25, 0.3) is 0 Å². The monoisotopic (exact) mass is 251 g/mol. The van der Waals surface area contributed by atoms with Crippen molar-refractivity contribution in [1.82, 2.24) is 9.78 Å². The second-order valence-corrected chi connectivity index (χ2v) is 4.21. The van der Waals surface area contributed by atoms with Gasteiger partial charge in [0.2, 0.25) is 0 Å². The Balaban J connectivity index is 2.18. The van der Waals surface area contributed by atoms with Gasteiger partial charge in [0.25, 0.3) is 5.91 Å². The second kappa shape index (κ2) is 4.38. The van der Waals surface area contributed by atoms with Crippen LogP contribution in [0, 0.1) is 0 Å². The molecule has 6 nitrogen and oxygen atoms in total. The van der Waals surface area contributed by atoms with Crippen LogP contribution in [0.5, 0.6) is 0 Å². The number of aromatic nitrogens is 2. The van der Waals surface area contributed by atoms with Gasteiger partial charge in [0.1, 0.15) is 5.00 Å². The van der Waals surface area contributed by atoms with E-state index in [1.165, 1.54) is 10.7 Å². The SMILES string of the molecule is Cn1ccc(C(=O)Nc2sccc2C(=O)O)n1. The molecule has 0 aromatic carbocycles. The van der Waals surface area contributed by atoms with E-state index in [2.05, 4.69) is 10.4 Å². The maximum Gasteiger partial charge on any atom is 0.338 e. The minimum absolute atomic E-state index is 0.0827. The zero-order chi connectivity index (χ0) is 12.4. The second-order valence-electron chi connectivity index (χ2n) is 3.30. The van der Waals surface area contributed by atoms with E-state index in [0.29, 0.717) is 5.00 Å². The van der Waals surface area contributed by atoms with Gasteiger partial charge in [-0.25, -0.2) is 4.79 Å². The first kappa shape index (κ1) is 11.3. The lowest BCUT2D eigenvalue weighted by atomic mass is 10.3. The van der Waals surface area contributed by atoms with Crippen LogP contribution in [0.3, 0.4) is 0 Å². The highest BCUT2D eigenvalue weighted by molar-refractivity contribution is 7.14. The summed E-state index contributed by atoms with van der Waals surface area (Å²) in [4.78, 5) is 22.6. The number of rotatable bonds is 3. The number of carboxylic acids is 1. The number of nitrogens with zero attached hydrogens (tertiary/aromatic N) is 2. The number of aryl methyl sites for hydroxylation is 1. The maximum atomic E-state index is 11.7. The molecule has 0 aliphatic heterocycles. The molecule has 88 valence electrons. The van der Waals surface area contributed by atoms with Gasteiger partial charge in [-0.05, 0) is 17.5 Å². The van der Waals surface area contributed by atoms with Gasteiger partial charge in [0.15, 0.2) is 5.69 Å². The van der Waals surface area contributed by atoms with Crippen molar-refractivity contribution in [2.24, 2.45) is 7.05 Å². The number of carbonyl (C=O) groups is 2. The van der Waals surface area contributed by atoms with Gasteiger partial charge in [0.05, 0.1) is 5.56 Å². The summed E-state index contributed by atoms with van der Waals surface area (Å²) in [5.74, 6) is -1.49. The molecular formula is C10H9N3O3S. The Bertz CT molecular complexity index is 573. The number of thiophene rings is 1. The average molecular weight is 251 g/mol. The summed E-state index contributed by atoms with van der Waals surface area (Å²) in [6.45, 7) is 0. The molecule has 0 atom stereocenters. The van der Waals surface area contributed by atoms with Crippen LogP contribution < -0.4 is 5.32 Å². The molecule has 0 saturated carbocycles. The molecule has 2 aromatic heterocycles. The minimum atomic E-state index is -1.07. The van der Waals surface area contributed by atoms with Crippen molar-refractivity contribution in [3.63, 3.8) is 0 Å². The lowest BCUT2D eigenvalue weighted by molar-refractivity contribution is 0.0698. The summed E-state index contributed by atoms with van der Waals surface area (Å²) in [5.41, 5.74) is 0.330. The zero-order valence-corrected chi connectivity index (χ0v) is 9.69. The fourth-order valence-corrected chi connectivity index (χ4v) is 2.05. The molecule has 17 heavy (non-hydrogen) atoms. The molecule has 0 aliphatic carbocycles. The summed E-state index contributed by atoms with van der Waals surface area (Å²) in [6, 6.07) is 3.00. The molecule has 0 spiro atoms. The Morgan fingerprint density at radius 3 is 2.82 bits per heavy atom. The third kappa shape index (κ3) is 2.34.